The lowest BCUT2D eigenvalue weighted by atomic mass is 10.3. The molecule has 7 heteroatoms. The topological polar surface area (TPSA) is 132 Å². The molecule has 1 aliphatic heterocycles. The number of hydrogen-bond acceptors (Lipinski definition) is 3. The van der Waals surface area contributed by atoms with Crippen LogP contribution in [0.2, 0.25) is 0 Å². The quantitative estimate of drug-likeness (QED) is 0.223. The summed E-state index contributed by atoms with van der Waals surface area (Å²) in [5.41, 5.74) is 15.7. The van der Waals surface area contributed by atoms with Crippen LogP contribution in [0.15, 0.2) is 17.3 Å². The summed E-state index contributed by atoms with van der Waals surface area (Å²) in [4.78, 5) is 14.4. The van der Waals surface area contributed by atoms with E-state index < -0.39 is 11.8 Å². The molecule has 1 heterocycles. The maximum Gasteiger partial charge on any atom is 0.321 e. The van der Waals surface area contributed by atoms with E-state index >= 15 is 0 Å². The van der Waals surface area contributed by atoms with Gasteiger partial charge in [0.2, 0.25) is 5.79 Å². The Kier molecular flexibility index (Phi) is 1.88. The first-order valence-corrected chi connectivity index (χ1v) is 3.18. The molecule has 0 aromatic rings. The van der Waals surface area contributed by atoms with E-state index in [0.29, 0.717) is 0 Å². The summed E-state index contributed by atoms with van der Waals surface area (Å²) in [5.74, 6) is -1.52. The Balaban J connectivity index is 2.84. The van der Waals surface area contributed by atoms with Crippen LogP contribution in [0.5, 0.6) is 0 Å². The van der Waals surface area contributed by atoms with E-state index in [9.17, 15) is 4.79 Å². The van der Waals surface area contributed by atoms with Gasteiger partial charge in [-0.1, -0.05) is 0 Å². The van der Waals surface area contributed by atoms with Gasteiger partial charge in [0.15, 0.2) is 5.96 Å². The van der Waals surface area contributed by atoms with E-state index in [4.69, 9.17) is 17.2 Å². The second-order valence-corrected chi connectivity index (χ2v) is 2.29. The Hall–Kier alpha value is -1.76. The average molecular weight is 170 g/mol. The third-order valence-corrected chi connectivity index (χ3v) is 1.18. The molecule has 2 amide bonds. The molecule has 0 bridgehead atoms. The molecule has 12 heavy (non-hydrogen) atoms. The summed E-state index contributed by atoms with van der Waals surface area (Å²) in [5, 5.41) is 4.67. The fraction of sp³-hybridized carbons (Fsp3) is 0.200. The van der Waals surface area contributed by atoms with Crippen molar-refractivity contribution in [1.29, 1.82) is 0 Å². The number of rotatable bonds is 1. The molecular weight excluding hydrogens is 160 g/mol. The van der Waals surface area contributed by atoms with Gasteiger partial charge >= 0.3 is 6.03 Å². The van der Waals surface area contributed by atoms with E-state index in [1.165, 1.54) is 12.3 Å². The summed E-state index contributed by atoms with van der Waals surface area (Å²) in [6, 6.07) is -0.454. The molecule has 0 radical (unpaired) electrons. The molecule has 0 aromatic heterocycles. The van der Waals surface area contributed by atoms with Crippen LogP contribution in [0.25, 0.3) is 0 Å². The van der Waals surface area contributed by atoms with Gasteiger partial charge in [-0.3, -0.25) is 11.1 Å². The van der Waals surface area contributed by atoms with E-state index in [-0.39, 0.29) is 5.96 Å². The summed E-state index contributed by atoms with van der Waals surface area (Å²) < 4.78 is 0. The summed E-state index contributed by atoms with van der Waals surface area (Å²) in [6.45, 7) is 0. The van der Waals surface area contributed by atoms with Crippen LogP contribution in [0, 0.1) is 0 Å². The van der Waals surface area contributed by atoms with Crippen LogP contribution in [-0.2, 0) is 0 Å². The maximum absolute atomic E-state index is 10.8. The number of carbonyl (C=O) groups is 1. The van der Waals surface area contributed by atoms with Gasteiger partial charge in [-0.25, -0.2) is 9.79 Å². The first-order valence-electron chi connectivity index (χ1n) is 3.18. The standard InChI is InChI=1S/C5H10N6O/c6-3(7)10-5(8)1-2-9-4(12)11-5/h1-2H,8H2,(H4,6,7,10)(H2,9,11,12). The minimum absolute atomic E-state index is 0.190. The zero-order chi connectivity index (χ0) is 9.19. The Morgan fingerprint density at radius 3 is 2.75 bits per heavy atom. The molecule has 0 aliphatic carbocycles. The van der Waals surface area contributed by atoms with Crippen molar-refractivity contribution in [2.45, 2.75) is 5.79 Å². The minimum Gasteiger partial charge on any atom is -0.370 e. The van der Waals surface area contributed by atoms with Gasteiger partial charge in [0, 0.05) is 6.20 Å². The average Bonchev–Trinajstić information content (AvgIpc) is 1.82. The lowest BCUT2D eigenvalue weighted by Gasteiger charge is -2.25. The Morgan fingerprint density at radius 1 is 1.58 bits per heavy atom. The molecular formula is C5H10N6O. The highest BCUT2D eigenvalue weighted by Crippen LogP contribution is 2.02. The first kappa shape index (κ1) is 8.34. The number of amides is 2. The van der Waals surface area contributed by atoms with Crippen molar-refractivity contribution in [3.63, 3.8) is 0 Å². The van der Waals surface area contributed by atoms with Crippen molar-refractivity contribution < 1.29 is 4.79 Å². The zero-order valence-electron chi connectivity index (χ0n) is 6.24. The number of nitrogens with one attached hydrogen (secondary N) is 2. The maximum atomic E-state index is 10.8. The highest BCUT2D eigenvalue weighted by Gasteiger charge is 2.25. The smallest absolute Gasteiger partial charge is 0.321 e. The van der Waals surface area contributed by atoms with Gasteiger partial charge in [-0.05, 0) is 6.08 Å². The van der Waals surface area contributed by atoms with Gasteiger partial charge in [-0.15, -0.1) is 0 Å². The van der Waals surface area contributed by atoms with Crippen LogP contribution in [0.4, 0.5) is 4.79 Å². The van der Waals surface area contributed by atoms with Crippen LogP contribution in [-0.4, -0.2) is 17.8 Å². The van der Waals surface area contributed by atoms with Crippen LogP contribution in [0.1, 0.15) is 0 Å². The molecule has 0 spiro atoms. The Labute approximate surface area is 68.7 Å². The molecule has 1 atom stereocenters. The molecule has 1 aliphatic rings. The molecule has 0 saturated carbocycles. The van der Waals surface area contributed by atoms with Crippen molar-refractivity contribution in [1.82, 2.24) is 10.6 Å². The van der Waals surface area contributed by atoms with E-state index in [0.717, 1.165) is 0 Å². The molecule has 0 saturated heterocycles. The molecule has 66 valence electrons. The highest BCUT2D eigenvalue weighted by atomic mass is 16.2. The molecule has 8 N–H and O–H groups in total. The predicted octanol–water partition coefficient (Wildman–Crippen LogP) is -2.30. The van der Waals surface area contributed by atoms with Gasteiger partial charge in [-0.2, -0.15) is 0 Å². The monoisotopic (exact) mass is 170 g/mol. The molecule has 1 unspecified atom stereocenters. The van der Waals surface area contributed by atoms with Crippen molar-refractivity contribution in [3.8, 4) is 0 Å². The second kappa shape index (κ2) is 2.70. The fourth-order valence-corrected chi connectivity index (χ4v) is 0.783. The first-order chi connectivity index (χ1) is 5.52. The fourth-order valence-electron chi connectivity index (χ4n) is 0.783. The van der Waals surface area contributed by atoms with E-state index in [1.54, 1.807) is 0 Å². The minimum atomic E-state index is -1.33. The molecule has 0 aromatic carbocycles. The molecule has 1 rings (SSSR count). The van der Waals surface area contributed by atoms with Gasteiger partial charge in [0.1, 0.15) is 0 Å². The number of urea groups is 1. The van der Waals surface area contributed by atoms with Crippen LogP contribution < -0.4 is 27.8 Å². The summed E-state index contributed by atoms with van der Waals surface area (Å²) >= 11 is 0. The van der Waals surface area contributed by atoms with Crippen molar-refractivity contribution >= 4 is 12.0 Å². The van der Waals surface area contributed by atoms with Gasteiger partial charge in [0.05, 0.1) is 0 Å². The number of aliphatic imine (C=N–C) groups is 1. The van der Waals surface area contributed by atoms with E-state index in [1.807, 2.05) is 0 Å². The van der Waals surface area contributed by atoms with Crippen molar-refractivity contribution in [2.24, 2.45) is 22.2 Å². The van der Waals surface area contributed by atoms with Crippen molar-refractivity contribution in [2.75, 3.05) is 0 Å². The van der Waals surface area contributed by atoms with Crippen LogP contribution in [0.3, 0.4) is 0 Å². The largest absolute Gasteiger partial charge is 0.370 e. The predicted molar refractivity (Wildman–Crippen MR) is 43.5 cm³/mol. The lowest BCUT2D eigenvalue weighted by Crippen LogP contribution is -2.59. The normalized spacial score (nSPS) is 27.2. The summed E-state index contributed by atoms with van der Waals surface area (Å²) in [6.07, 6.45) is 2.79. The zero-order valence-corrected chi connectivity index (χ0v) is 6.24. The number of hydrogen-bond donors (Lipinski definition) is 5. The highest BCUT2D eigenvalue weighted by molar-refractivity contribution is 5.80. The number of carbonyl (C=O) groups excluding carboxylic acids is 1. The number of nitrogens with zero attached hydrogens (tertiary/aromatic N) is 1. The third-order valence-electron chi connectivity index (χ3n) is 1.18. The third kappa shape index (κ3) is 1.86. The van der Waals surface area contributed by atoms with E-state index in [2.05, 4.69) is 15.6 Å². The van der Waals surface area contributed by atoms with Gasteiger partial charge in [0.25, 0.3) is 0 Å². The Morgan fingerprint density at radius 2 is 2.25 bits per heavy atom. The van der Waals surface area contributed by atoms with Crippen LogP contribution >= 0.6 is 0 Å². The van der Waals surface area contributed by atoms with Crippen molar-refractivity contribution in [3.05, 3.63) is 12.3 Å². The SMILES string of the molecule is NC(N)=NC1(N)C=CNC(=O)N1. The second-order valence-electron chi connectivity index (χ2n) is 2.29. The number of nitrogens with two attached hydrogens (primary N) is 3. The lowest BCUT2D eigenvalue weighted by molar-refractivity contribution is 0.233. The summed E-state index contributed by atoms with van der Waals surface area (Å²) in [7, 11) is 0. The molecule has 0 fully saturated rings. The number of guanidine groups is 1. The van der Waals surface area contributed by atoms with Gasteiger partial charge < -0.3 is 16.8 Å². The molecule has 7 nitrogen and oxygen atoms in total. The Bertz CT molecular complexity index is 255.